The molecule has 0 heterocycles. The number of nitro benzene ring substituents is 1. The summed E-state index contributed by atoms with van der Waals surface area (Å²) in [6.07, 6.45) is 1.51. The highest BCUT2D eigenvalue weighted by Gasteiger charge is 2.22. The highest BCUT2D eigenvalue weighted by Crippen LogP contribution is 2.39. The molecule has 0 aliphatic heterocycles. The molecule has 0 fully saturated rings. The summed E-state index contributed by atoms with van der Waals surface area (Å²) in [6.45, 7) is 3.75. The first-order chi connectivity index (χ1) is 16.1. The molecular formula is C24H19ClN2O6S. The van der Waals surface area contributed by atoms with Gasteiger partial charge in [0.2, 0.25) is 5.75 Å². The van der Waals surface area contributed by atoms with E-state index in [-0.39, 0.29) is 39.3 Å². The minimum Gasteiger partial charge on any atom is -0.490 e. The van der Waals surface area contributed by atoms with Crippen molar-refractivity contribution >= 4 is 39.1 Å². The minimum absolute atomic E-state index is 0.0334. The van der Waals surface area contributed by atoms with E-state index in [4.69, 9.17) is 20.5 Å². The first kappa shape index (κ1) is 24.8. The summed E-state index contributed by atoms with van der Waals surface area (Å²) in [5.74, 6) is -0.0898. The van der Waals surface area contributed by atoms with E-state index < -0.39 is 15.0 Å². The summed E-state index contributed by atoms with van der Waals surface area (Å²) >= 11 is 6.36. The van der Waals surface area contributed by atoms with E-state index in [2.05, 4.69) is 0 Å². The Morgan fingerprint density at radius 3 is 2.35 bits per heavy atom. The fourth-order valence-corrected chi connectivity index (χ4v) is 4.25. The topological polar surface area (TPSA) is 120 Å². The molecule has 3 rings (SSSR count). The van der Waals surface area contributed by atoms with Crippen molar-refractivity contribution in [2.45, 2.75) is 18.7 Å². The standard InChI is InChI=1S/C24H19ClN2O6S/c1-3-32-23-14-17(12-19(15-26)18-6-8-20(9-7-18)27(28)29)13-22(25)24(23)33-34(30,31)21-10-4-16(2)5-11-21/h4-14H,3H2,1-2H3/b19-12+. The molecule has 0 spiro atoms. The lowest BCUT2D eigenvalue weighted by molar-refractivity contribution is -0.384. The third-order valence-corrected chi connectivity index (χ3v) is 6.17. The van der Waals surface area contributed by atoms with Crippen molar-refractivity contribution in [1.82, 2.24) is 0 Å². The number of hydrogen-bond acceptors (Lipinski definition) is 7. The molecule has 0 aliphatic rings. The van der Waals surface area contributed by atoms with Gasteiger partial charge in [-0.05, 0) is 67.4 Å². The highest BCUT2D eigenvalue weighted by molar-refractivity contribution is 7.87. The minimum atomic E-state index is -4.18. The van der Waals surface area contributed by atoms with Gasteiger partial charge in [-0.15, -0.1) is 0 Å². The smallest absolute Gasteiger partial charge is 0.339 e. The number of allylic oxidation sites excluding steroid dienone is 1. The van der Waals surface area contributed by atoms with Crippen LogP contribution in [0.1, 0.15) is 23.6 Å². The van der Waals surface area contributed by atoms with Crippen molar-refractivity contribution in [1.29, 1.82) is 5.26 Å². The second-order valence-corrected chi connectivity index (χ2v) is 9.04. The number of halogens is 1. The van der Waals surface area contributed by atoms with E-state index in [9.17, 15) is 23.8 Å². The molecule has 0 aliphatic carbocycles. The van der Waals surface area contributed by atoms with Gasteiger partial charge in [-0.2, -0.15) is 13.7 Å². The predicted molar refractivity (Wildman–Crippen MR) is 128 cm³/mol. The van der Waals surface area contributed by atoms with E-state index in [1.807, 2.05) is 13.0 Å². The molecule has 0 unspecified atom stereocenters. The maximum absolute atomic E-state index is 12.8. The average molecular weight is 499 g/mol. The first-order valence-electron chi connectivity index (χ1n) is 9.98. The van der Waals surface area contributed by atoms with Crippen LogP contribution in [0.5, 0.6) is 11.5 Å². The third kappa shape index (κ3) is 5.73. The molecule has 3 aromatic carbocycles. The average Bonchev–Trinajstić information content (AvgIpc) is 2.80. The van der Waals surface area contributed by atoms with Gasteiger partial charge in [-0.25, -0.2) is 0 Å². The number of benzene rings is 3. The third-order valence-electron chi connectivity index (χ3n) is 4.65. The fraction of sp³-hybridized carbons (Fsp3) is 0.125. The summed E-state index contributed by atoms with van der Waals surface area (Å²) in [5, 5.41) is 20.4. The van der Waals surface area contributed by atoms with Gasteiger partial charge in [0.25, 0.3) is 5.69 Å². The summed E-state index contributed by atoms with van der Waals surface area (Å²) in [6, 6.07) is 16.7. The van der Waals surface area contributed by atoms with Gasteiger partial charge in [0.05, 0.1) is 28.2 Å². The van der Waals surface area contributed by atoms with Gasteiger partial charge in [0.1, 0.15) is 4.90 Å². The lowest BCUT2D eigenvalue weighted by atomic mass is 10.0. The van der Waals surface area contributed by atoms with E-state index in [1.54, 1.807) is 19.1 Å². The SMILES string of the molecule is CCOc1cc(/C=C(\C#N)c2ccc([N+](=O)[O-])cc2)cc(Cl)c1OS(=O)(=O)c1ccc(C)cc1. The molecule has 0 saturated heterocycles. The van der Waals surface area contributed by atoms with Crippen molar-refractivity contribution in [2.24, 2.45) is 0 Å². The van der Waals surface area contributed by atoms with Crippen molar-refractivity contribution < 1.29 is 22.3 Å². The molecule has 8 nitrogen and oxygen atoms in total. The zero-order valence-corrected chi connectivity index (χ0v) is 19.8. The molecular weight excluding hydrogens is 480 g/mol. The molecule has 0 bridgehead atoms. The van der Waals surface area contributed by atoms with Gasteiger partial charge in [0, 0.05) is 12.1 Å². The van der Waals surface area contributed by atoms with E-state index >= 15 is 0 Å². The maximum atomic E-state index is 12.8. The normalized spacial score (nSPS) is 11.5. The number of hydrogen-bond donors (Lipinski definition) is 0. The van der Waals surface area contributed by atoms with Crippen molar-refractivity contribution in [3.8, 4) is 17.6 Å². The summed E-state index contributed by atoms with van der Waals surface area (Å²) in [5.41, 5.74) is 1.92. The number of nitriles is 1. The highest BCUT2D eigenvalue weighted by atomic mass is 35.5. The Balaban J connectivity index is 2.00. The Kier molecular flexibility index (Phi) is 7.56. The Bertz CT molecular complexity index is 1390. The molecule has 0 N–H and O–H groups in total. The monoisotopic (exact) mass is 498 g/mol. The summed E-state index contributed by atoms with van der Waals surface area (Å²) < 4.78 is 36.4. The van der Waals surface area contributed by atoms with Crippen molar-refractivity contribution in [3.05, 3.63) is 92.5 Å². The Hall–Kier alpha value is -3.87. The molecule has 0 radical (unpaired) electrons. The number of non-ortho nitro benzene ring substituents is 1. The van der Waals surface area contributed by atoms with Crippen LogP contribution in [-0.4, -0.2) is 19.9 Å². The van der Waals surface area contributed by atoms with Crippen LogP contribution < -0.4 is 8.92 Å². The lowest BCUT2D eigenvalue weighted by Gasteiger charge is -2.14. The molecule has 3 aromatic rings. The van der Waals surface area contributed by atoms with E-state index in [1.165, 1.54) is 54.6 Å². The van der Waals surface area contributed by atoms with E-state index in [0.29, 0.717) is 11.1 Å². The molecule has 0 saturated carbocycles. The molecule has 0 amide bonds. The fourth-order valence-electron chi connectivity index (χ4n) is 2.99. The van der Waals surface area contributed by atoms with Crippen LogP contribution in [0, 0.1) is 28.4 Å². The van der Waals surface area contributed by atoms with Crippen LogP contribution in [0.25, 0.3) is 11.6 Å². The van der Waals surface area contributed by atoms with Gasteiger partial charge < -0.3 is 8.92 Å². The zero-order valence-electron chi connectivity index (χ0n) is 18.2. The van der Waals surface area contributed by atoms with Gasteiger partial charge >= 0.3 is 10.1 Å². The number of rotatable bonds is 8. The quantitative estimate of drug-likeness (QED) is 0.127. The van der Waals surface area contributed by atoms with Crippen molar-refractivity contribution in [2.75, 3.05) is 6.61 Å². The molecule has 10 heteroatoms. The second kappa shape index (κ2) is 10.4. The second-order valence-electron chi connectivity index (χ2n) is 7.09. The van der Waals surface area contributed by atoms with E-state index in [0.717, 1.165) is 5.56 Å². The molecule has 34 heavy (non-hydrogen) atoms. The number of nitro groups is 1. The van der Waals surface area contributed by atoms with Crippen LogP contribution in [0.4, 0.5) is 5.69 Å². The number of ether oxygens (including phenoxy) is 1. The molecule has 0 aromatic heterocycles. The van der Waals surface area contributed by atoms with Gasteiger partial charge in [0.15, 0.2) is 5.75 Å². The lowest BCUT2D eigenvalue weighted by Crippen LogP contribution is -2.11. The van der Waals surface area contributed by atoms with Gasteiger partial charge in [-0.1, -0.05) is 29.3 Å². The zero-order chi connectivity index (χ0) is 24.9. The first-order valence-corrected chi connectivity index (χ1v) is 11.8. The van der Waals surface area contributed by atoms with Crippen LogP contribution >= 0.6 is 11.6 Å². The Labute approximate surface area is 201 Å². The Morgan fingerprint density at radius 1 is 1.15 bits per heavy atom. The number of aryl methyl sites for hydroxylation is 1. The largest absolute Gasteiger partial charge is 0.490 e. The molecule has 174 valence electrons. The summed E-state index contributed by atoms with van der Waals surface area (Å²) in [4.78, 5) is 10.3. The molecule has 0 atom stereocenters. The maximum Gasteiger partial charge on any atom is 0.339 e. The van der Waals surface area contributed by atoms with Crippen LogP contribution in [0.15, 0.2) is 65.6 Å². The van der Waals surface area contributed by atoms with Crippen LogP contribution in [0.2, 0.25) is 5.02 Å². The van der Waals surface area contributed by atoms with Gasteiger partial charge in [-0.3, -0.25) is 10.1 Å². The number of nitrogens with zero attached hydrogens (tertiary/aromatic N) is 2. The van der Waals surface area contributed by atoms with Crippen LogP contribution in [0.3, 0.4) is 0 Å². The predicted octanol–water partition coefficient (Wildman–Crippen LogP) is 5.79. The summed E-state index contributed by atoms with van der Waals surface area (Å²) in [7, 11) is -4.18. The Morgan fingerprint density at radius 2 is 1.79 bits per heavy atom. The van der Waals surface area contributed by atoms with Crippen LogP contribution in [-0.2, 0) is 10.1 Å². The van der Waals surface area contributed by atoms with Crippen molar-refractivity contribution in [3.63, 3.8) is 0 Å².